The van der Waals surface area contributed by atoms with E-state index >= 15 is 0 Å². The third-order valence-electron chi connectivity index (χ3n) is 6.55. The molecule has 0 spiro atoms. The topological polar surface area (TPSA) is 96.1 Å². The van der Waals surface area contributed by atoms with Gasteiger partial charge < -0.3 is 19.4 Å². The quantitative estimate of drug-likeness (QED) is 0.365. The highest BCUT2D eigenvalue weighted by Gasteiger charge is 2.21. The zero-order chi connectivity index (χ0) is 24.5. The van der Waals surface area contributed by atoms with E-state index in [1.54, 1.807) is 36.1 Å². The molecule has 4 aromatic rings. The molecular weight excluding hydrogens is 456 g/mol. The normalized spacial score (nSPS) is 14.5. The molecule has 1 N–H and O–H groups in total. The van der Waals surface area contributed by atoms with Gasteiger partial charge in [-0.15, -0.1) is 10.2 Å². The molecule has 1 aliphatic heterocycles. The number of nitrogens with one attached hydrogen (secondary N) is 1. The molecule has 184 valence electrons. The van der Waals surface area contributed by atoms with Crippen LogP contribution in [0.25, 0.3) is 11.4 Å². The van der Waals surface area contributed by atoms with Gasteiger partial charge in [-0.1, -0.05) is 12.8 Å². The highest BCUT2D eigenvalue weighted by molar-refractivity contribution is 6.04. The minimum Gasteiger partial charge on any atom is -0.493 e. The van der Waals surface area contributed by atoms with Gasteiger partial charge in [0.1, 0.15) is 23.1 Å². The lowest BCUT2D eigenvalue weighted by Crippen LogP contribution is -2.13. The van der Waals surface area contributed by atoms with E-state index in [0.717, 1.165) is 48.9 Å². The average molecular weight is 485 g/mol. The number of rotatable bonds is 9. The van der Waals surface area contributed by atoms with Crippen molar-refractivity contribution in [1.82, 2.24) is 24.5 Å². The Balaban J connectivity index is 1.21. The Labute approximate surface area is 209 Å². The lowest BCUT2D eigenvalue weighted by Gasteiger charge is -2.12. The van der Waals surface area contributed by atoms with Crippen LogP contribution >= 0.6 is 0 Å². The second-order valence-electron chi connectivity index (χ2n) is 9.42. The molecule has 0 saturated heterocycles. The van der Waals surface area contributed by atoms with Crippen LogP contribution in [-0.2, 0) is 20.0 Å². The second-order valence-corrected chi connectivity index (χ2v) is 9.42. The Kier molecular flexibility index (Phi) is 5.88. The molecule has 9 heteroatoms. The van der Waals surface area contributed by atoms with Gasteiger partial charge in [0.2, 0.25) is 0 Å². The predicted molar refractivity (Wildman–Crippen MR) is 134 cm³/mol. The number of hydrogen-bond acceptors (Lipinski definition) is 6. The summed E-state index contributed by atoms with van der Waals surface area (Å²) >= 11 is 0. The third kappa shape index (κ3) is 4.95. The molecule has 2 aromatic heterocycles. The average Bonchev–Trinajstić information content (AvgIpc) is 3.22. The van der Waals surface area contributed by atoms with Crippen molar-refractivity contribution in [3.05, 3.63) is 66.1 Å². The molecule has 1 saturated carbocycles. The zero-order valence-corrected chi connectivity index (χ0v) is 20.2. The monoisotopic (exact) mass is 484 g/mol. The van der Waals surface area contributed by atoms with E-state index in [0.29, 0.717) is 35.2 Å². The summed E-state index contributed by atoms with van der Waals surface area (Å²) in [4.78, 5) is 13.0. The highest BCUT2D eigenvalue weighted by Crippen LogP contribution is 2.33. The van der Waals surface area contributed by atoms with E-state index in [2.05, 4.69) is 25.2 Å². The van der Waals surface area contributed by atoms with E-state index < -0.39 is 0 Å². The van der Waals surface area contributed by atoms with Gasteiger partial charge in [-0.3, -0.25) is 9.48 Å². The van der Waals surface area contributed by atoms with Gasteiger partial charge in [0.15, 0.2) is 11.6 Å². The molecule has 1 fully saturated rings. The maximum Gasteiger partial charge on any atom is 0.257 e. The lowest BCUT2D eigenvalue weighted by molar-refractivity contribution is 0.102. The van der Waals surface area contributed by atoms with E-state index in [-0.39, 0.29) is 5.91 Å². The number of benzene rings is 2. The Morgan fingerprint density at radius 1 is 1.06 bits per heavy atom. The smallest absolute Gasteiger partial charge is 0.257 e. The molecule has 0 bridgehead atoms. The van der Waals surface area contributed by atoms with E-state index in [1.807, 2.05) is 30.3 Å². The Morgan fingerprint density at radius 3 is 2.67 bits per heavy atom. The first kappa shape index (κ1) is 22.3. The third-order valence-corrected chi connectivity index (χ3v) is 6.55. The van der Waals surface area contributed by atoms with Crippen molar-refractivity contribution < 1.29 is 14.3 Å². The van der Waals surface area contributed by atoms with E-state index in [9.17, 15) is 4.79 Å². The summed E-state index contributed by atoms with van der Waals surface area (Å²) in [6, 6.07) is 14.8. The number of amides is 1. The molecule has 36 heavy (non-hydrogen) atoms. The summed E-state index contributed by atoms with van der Waals surface area (Å²) in [5.41, 5.74) is 1.44. The van der Waals surface area contributed by atoms with Crippen molar-refractivity contribution >= 4 is 11.7 Å². The fourth-order valence-electron chi connectivity index (χ4n) is 4.44. The molecule has 9 nitrogen and oxygen atoms in total. The van der Waals surface area contributed by atoms with Crippen molar-refractivity contribution in [3.63, 3.8) is 0 Å². The van der Waals surface area contributed by atoms with Gasteiger partial charge in [0.05, 0.1) is 6.61 Å². The van der Waals surface area contributed by atoms with Gasteiger partial charge in [0, 0.05) is 49.5 Å². The predicted octanol–water partition coefficient (Wildman–Crippen LogP) is 4.85. The molecule has 6 rings (SSSR count). The Hall–Kier alpha value is -4.14. The first-order valence-corrected chi connectivity index (χ1v) is 12.4. The minimum atomic E-state index is -0.276. The molecule has 0 radical (unpaired) electrons. The van der Waals surface area contributed by atoms with Gasteiger partial charge in [-0.2, -0.15) is 5.10 Å². The van der Waals surface area contributed by atoms with Gasteiger partial charge in [0.25, 0.3) is 5.91 Å². The Bertz CT molecular complexity index is 1390. The minimum absolute atomic E-state index is 0.276. The number of ether oxygens (including phenoxy) is 2. The summed E-state index contributed by atoms with van der Waals surface area (Å²) in [5, 5.41) is 15.7. The summed E-state index contributed by atoms with van der Waals surface area (Å²) in [6.07, 6.45) is 7.43. The molecule has 2 aromatic carbocycles. The summed E-state index contributed by atoms with van der Waals surface area (Å²) in [5.74, 6) is 4.69. The van der Waals surface area contributed by atoms with Crippen molar-refractivity contribution in [1.29, 1.82) is 0 Å². The van der Waals surface area contributed by atoms with Crippen LogP contribution < -0.4 is 14.8 Å². The fraction of sp³-hybridized carbons (Fsp3) is 0.333. The number of nitrogens with zero attached hydrogens (tertiary/aromatic N) is 5. The maximum atomic E-state index is 13.0. The first-order chi connectivity index (χ1) is 17.6. The van der Waals surface area contributed by atoms with Crippen molar-refractivity contribution in [3.8, 4) is 28.6 Å². The lowest BCUT2D eigenvalue weighted by atomic mass is 10.1. The van der Waals surface area contributed by atoms with Crippen LogP contribution in [0.3, 0.4) is 0 Å². The SMILES string of the molecule is Cn1ccc(NC(=O)c2cc(OCCC3CC3)cc(Oc3ccc(-c4nnc5n4CCC5)cc3)c2)n1. The number of anilines is 1. The van der Waals surface area contributed by atoms with Crippen LogP contribution in [0.4, 0.5) is 5.82 Å². The number of fused-ring (bicyclic) bond motifs is 1. The molecular formula is C27H28N6O3. The first-order valence-electron chi connectivity index (χ1n) is 12.4. The van der Waals surface area contributed by atoms with Crippen LogP contribution in [0.1, 0.15) is 41.9 Å². The second kappa shape index (κ2) is 9.49. The van der Waals surface area contributed by atoms with Gasteiger partial charge in [-0.05, 0) is 55.2 Å². The van der Waals surface area contributed by atoms with E-state index in [1.165, 1.54) is 12.8 Å². The standard InChI is InChI=1S/C27H28N6O3/c1-32-13-10-24(31-32)28-27(34)20-15-22(35-14-11-18-4-5-18)17-23(16-20)36-21-8-6-19(7-9-21)26-30-29-25-3-2-12-33(25)26/h6-10,13,15-18H,2-5,11-12,14H2,1H3,(H,28,31,34). The molecule has 1 aliphatic carbocycles. The molecule has 3 heterocycles. The summed E-state index contributed by atoms with van der Waals surface area (Å²) in [7, 11) is 1.80. The Morgan fingerprint density at radius 2 is 1.89 bits per heavy atom. The zero-order valence-electron chi connectivity index (χ0n) is 20.2. The number of carbonyl (C=O) groups excluding carboxylic acids is 1. The van der Waals surface area contributed by atoms with Gasteiger partial charge in [-0.25, -0.2) is 0 Å². The number of aryl methyl sites for hydroxylation is 2. The van der Waals surface area contributed by atoms with Crippen LogP contribution in [-0.4, -0.2) is 37.1 Å². The number of carbonyl (C=O) groups is 1. The summed E-state index contributed by atoms with van der Waals surface area (Å²) < 4.78 is 15.9. The molecule has 0 atom stereocenters. The molecule has 1 amide bonds. The van der Waals surface area contributed by atoms with Crippen LogP contribution in [0.15, 0.2) is 54.7 Å². The molecule has 2 aliphatic rings. The van der Waals surface area contributed by atoms with Gasteiger partial charge >= 0.3 is 0 Å². The van der Waals surface area contributed by atoms with Crippen LogP contribution in [0.2, 0.25) is 0 Å². The summed E-state index contributed by atoms with van der Waals surface area (Å²) in [6.45, 7) is 1.57. The number of aromatic nitrogens is 5. The highest BCUT2D eigenvalue weighted by atomic mass is 16.5. The fourth-order valence-corrected chi connectivity index (χ4v) is 4.44. The van der Waals surface area contributed by atoms with Crippen molar-refractivity contribution in [2.75, 3.05) is 11.9 Å². The maximum absolute atomic E-state index is 13.0. The van der Waals surface area contributed by atoms with Crippen molar-refractivity contribution in [2.24, 2.45) is 13.0 Å². The largest absolute Gasteiger partial charge is 0.493 e. The van der Waals surface area contributed by atoms with Crippen molar-refractivity contribution in [2.45, 2.75) is 38.6 Å². The van der Waals surface area contributed by atoms with Crippen LogP contribution in [0, 0.1) is 5.92 Å². The van der Waals surface area contributed by atoms with E-state index in [4.69, 9.17) is 9.47 Å². The number of hydrogen-bond donors (Lipinski definition) is 1. The van der Waals surface area contributed by atoms with Crippen LogP contribution in [0.5, 0.6) is 17.2 Å². The molecule has 0 unspecified atom stereocenters.